The number of benzene rings is 3. The molecule has 3 heteroatoms. The van der Waals surface area contributed by atoms with E-state index in [-0.39, 0.29) is 11.9 Å². The number of aryl methyl sites for hydroxylation is 2. The number of carbonyl (C=O) groups is 1. The van der Waals surface area contributed by atoms with Crippen LogP contribution in [-0.4, -0.2) is 13.0 Å². The van der Waals surface area contributed by atoms with Gasteiger partial charge in [0.2, 0.25) is 0 Å². The van der Waals surface area contributed by atoms with Crippen molar-refractivity contribution in [2.75, 3.05) is 7.11 Å². The summed E-state index contributed by atoms with van der Waals surface area (Å²) in [6.07, 6.45) is 4.85. The number of ether oxygens (including phenoxy) is 1. The molecule has 0 aliphatic heterocycles. The van der Waals surface area contributed by atoms with E-state index in [2.05, 4.69) is 23.5 Å². The van der Waals surface area contributed by atoms with Crippen molar-refractivity contribution < 1.29 is 9.53 Å². The first kappa shape index (κ1) is 17.6. The summed E-state index contributed by atoms with van der Waals surface area (Å²) in [6.45, 7) is 2.04. The maximum absolute atomic E-state index is 12.9. The largest absolute Gasteiger partial charge is 0.496 e. The van der Waals surface area contributed by atoms with Crippen LogP contribution < -0.4 is 10.1 Å². The van der Waals surface area contributed by atoms with Gasteiger partial charge in [-0.1, -0.05) is 42.5 Å². The van der Waals surface area contributed by atoms with Crippen LogP contribution >= 0.6 is 0 Å². The van der Waals surface area contributed by atoms with Gasteiger partial charge in [-0.15, -0.1) is 0 Å². The predicted octanol–water partition coefficient (Wildman–Crippen LogP) is 5.22. The molecule has 1 amide bonds. The van der Waals surface area contributed by atoms with Crippen molar-refractivity contribution in [2.45, 2.75) is 38.6 Å². The van der Waals surface area contributed by atoms with Gasteiger partial charge in [-0.25, -0.2) is 0 Å². The molecule has 1 N–H and O–H groups in total. The summed E-state index contributed by atoms with van der Waals surface area (Å²) in [5.74, 6) is 0.492. The van der Waals surface area contributed by atoms with Crippen LogP contribution in [0.15, 0.2) is 54.6 Å². The summed E-state index contributed by atoms with van der Waals surface area (Å²) in [7, 11) is 1.60. The van der Waals surface area contributed by atoms with Crippen LogP contribution in [0.25, 0.3) is 10.8 Å². The number of rotatable bonds is 4. The zero-order chi connectivity index (χ0) is 18.8. The van der Waals surface area contributed by atoms with Gasteiger partial charge in [0, 0.05) is 0 Å². The summed E-state index contributed by atoms with van der Waals surface area (Å²) in [5.41, 5.74) is 4.62. The molecule has 0 aromatic heterocycles. The monoisotopic (exact) mass is 359 g/mol. The second kappa shape index (κ2) is 7.43. The Morgan fingerprint density at radius 1 is 0.963 bits per heavy atom. The molecule has 0 bridgehead atoms. The van der Waals surface area contributed by atoms with Gasteiger partial charge in [0.05, 0.1) is 18.7 Å². The maximum atomic E-state index is 12.9. The number of hydrogen-bond acceptors (Lipinski definition) is 2. The minimum Gasteiger partial charge on any atom is -0.496 e. The average Bonchev–Trinajstić information content (AvgIpc) is 2.72. The lowest BCUT2D eigenvalue weighted by molar-refractivity contribution is 0.0937. The molecule has 1 atom stereocenters. The van der Waals surface area contributed by atoms with Gasteiger partial charge in [0.25, 0.3) is 5.91 Å². The molecule has 1 aliphatic carbocycles. The number of methoxy groups -OCH3 is 1. The van der Waals surface area contributed by atoms with Gasteiger partial charge in [0.15, 0.2) is 0 Å². The van der Waals surface area contributed by atoms with E-state index in [1.807, 2.05) is 43.3 Å². The molecule has 138 valence electrons. The van der Waals surface area contributed by atoms with E-state index in [0.29, 0.717) is 11.3 Å². The number of fused-ring (bicyclic) bond motifs is 2. The molecule has 3 aromatic rings. The minimum absolute atomic E-state index is 0.0547. The summed E-state index contributed by atoms with van der Waals surface area (Å²) < 4.78 is 5.48. The fraction of sp³-hybridized carbons (Fsp3) is 0.292. The Morgan fingerprint density at radius 3 is 2.41 bits per heavy atom. The van der Waals surface area contributed by atoms with E-state index in [0.717, 1.165) is 22.8 Å². The zero-order valence-corrected chi connectivity index (χ0v) is 15.9. The third-order valence-corrected chi connectivity index (χ3v) is 5.53. The second-order valence-corrected chi connectivity index (χ2v) is 7.33. The Balaban J connectivity index is 1.59. The highest BCUT2D eigenvalue weighted by Crippen LogP contribution is 2.28. The molecule has 4 rings (SSSR count). The fourth-order valence-electron chi connectivity index (χ4n) is 3.95. The Bertz CT molecular complexity index is 993. The average molecular weight is 359 g/mol. The smallest absolute Gasteiger partial charge is 0.255 e. The lowest BCUT2D eigenvalue weighted by Gasteiger charge is -2.20. The number of hydrogen-bond donors (Lipinski definition) is 1. The maximum Gasteiger partial charge on any atom is 0.255 e. The Labute approximate surface area is 160 Å². The molecule has 0 heterocycles. The first-order valence-electron chi connectivity index (χ1n) is 9.65. The van der Waals surface area contributed by atoms with Crippen LogP contribution in [0.3, 0.4) is 0 Å². The van der Waals surface area contributed by atoms with E-state index < -0.39 is 0 Å². The fourth-order valence-corrected chi connectivity index (χ4v) is 3.95. The van der Waals surface area contributed by atoms with Crippen molar-refractivity contribution in [3.8, 4) is 5.75 Å². The molecule has 3 nitrogen and oxygen atoms in total. The first-order chi connectivity index (χ1) is 13.2. The summed E-state index contributed by atoms with van der Waals surface area (Å²) in [6, 6.07) is 18.4. The summed E-state index contributed by atoms with van der Waals surface area (Å²) in [5, 5.41) is 5.24. The topological polar surface area (TPSA) is 38.3 Å². The highest BCUT2D eigenvalue weighted by Gasteiger charge is 2.18. The Morgan fingerprint density at radius 2 is 1.67 bits per heavy atom. The normalized spacial score (nSPS) is 14.4. The third-order valence-electron chi connectivity index (χ3n) is 5.53. The van der Waals surface area contributed by atoms with E-state index in [4.69, 9.17) is 4.74 Å². The van der Waals surface area contributed by atoms with Gasteiger partial charge in [0.1, 0.15) is 5.75 Å². The van der Waals surface area contributed by atoms with Crippen molar-refractivity contribution in [2.24, 2.45) is 0 Å². The molecule has 0 spiro atoms. The first-order valence-corrected chi connectivity index (χ1v) is 9.65. The Hall–Kier alpha value is -2.81. The third kappa shape index (κ3) is 3.55. The zero-order valence-electron chi connectivity index (χ0n) is 15.9. The summed E-state index contributed by atoms with van der Waals surface area (Å²) >= 11 is 0. The SMILES string of the molecule is COc1cc2ccccc2cc1C(=O)NC(C)c1ccc2c(c1)CCCC2. The van der Waals surface area contributed by atoms with Crippen molar-refractivity contribution in [3.05, 3.63) is 76.9 Å². The molecule has 3 aromatic carbocycles. The highest BCUT2D eigenvalue weighted by molar-refractivity contribution is 6.01. The van der Waals surface area contributed by atoms with Gasteiger partial charge in [-0.05, 0) is 72.2 Å². The molecule has 0 saturated heterocycles. The van der Waals surface area contributed by atoms with Gasteiger partial charge in [-0.2, -0.15) is 0 Å². The van der Waals surface area contributed by atoms with Crippen LogP contribution in [0.1, 0.15) is 52.9 Å². The van der Waals surface area contributed by atoms with Crippen molar-refractivity contribution >= 4 is 16.7 Å². The van der Waals surface area contributed by atoms with E-state index in [1.165, 1.54) is 30.4 Å². The molecular weight excluding hydrogens is 334 g/mol. The molecule has 0 fully saturated rings. The van der Waals surface area contributed by atoms with Crippen LogP contribution in [0.4, 0.5) is 0 Å². The molecular formula is C24H25NO2. The molecule has 1 aliphatic rings. The summed E-state index contributed by atoms with van der Waals surface area (Å²) in [4.78, 5) is 12.9. The van der Waals surface area contributed by atoms with Crippen LogP contribution in [-0.2, 0) is 12.8 Å². The predicted molar refractivity (Wildman–Crippen MR) is 109 cm³/mol. The van der Waals surface area contributed by atoms with Gasteiger partial charge < -0.3 is 10.1 Å². The highest BCUT2D eigenvalue weighted by atomic mass is 16.5. The van der Waals surface area contributed by atoms with Crippen LogP contribution in [0, 0.1) is 0 Å². The standard InChI is InChI=1S/C24H25NO2/c1-16(18-12-11-17-7-3-4-8-19(17)13-18)25-24(26)22-14-20-9-5-6-10-21(20)15-23(22)27-2/h5-6,9-16H,3-4,7-8H2,1-2H3,(H,25,26). The molecule has 1 unspecified atom stereocenters. The van der Waals surface area contributed by atoms with E-state index in [1.54, 1.807) is 7.11 Å². The van der Waals surface area contributed by atoms with E-state index >= 15 is 0 Å². The van der Waals surface area contributed by atoms with Crippen LogP contribution in [0.2, 0.25) is 0 Å². The van der Waals surface area contributed by atoms with E-state index in [9.17, 15) is 4.79 Å². The molecule has 27 heavy (non-hydrogen) atoms. The van der Waals surface area contributed by atoms with Gasteiger partial charge >= 0.3 is 0 Å². The van der Waals surface area contributed by atoms with Crippen LogP contribution in [0.5, 0.6) is 5.75 Å². The Kier molecular flexibility index (Phi) is 4.85. The number of nitrogens with one attached hydrogen (secondary N) is 1. The second-order valence-electron chi connectivity index (χ2n) is 7.33. The van der Waals surface area contributed by atoms with Crippen molar-refractivity contribution in [1.82, 2.24) is 5.32 Å². The quantitative estimate of drug-likeness (QED) is 0.694. The lowest BCUT2D eigenvalue weighted by Crippen LogP contribution is -2.27. The molecule has 0 saturated carbocycles. The minimum atomic E-state index is -0.108. The van der Waals surface area contributed by atoms with Gasteiger partial charge in [-0.3, -0.25) is 4.79 Å². The van der Waals surface area contributed by atoms with Crippen molar-refractivity contribution in [3.63, 3.8) is 0 Å². The number of amides is 1. The number of carbonyl (C=O) groups excluding carboxylic acids is 1. The lowest BCUT2D eigenvalue weighted by atomic mass is 9.89. The molecule has 0 radical (unpaired) electrons. The van der Waals surface area contributed by atoms with Crippen molar-refractivity contribution in [1.29, 1.82) is 0 Å².